The van der Waals surface area contributed by atoms with E-state index >= 15 is 0 Å². The number of hydrogen-bond acceptors (Lipinski definition) is 5. The normalized spacial score (nSPS) is 10.9. The molecule has 0 bridgehead atoms. The Bertz CT molecular complexity index is 440. The van der Waals surface area contributed by atoms with Gasteiger partial charge < -0.3 is 14.9 Å². The highest BCUT2D eigenvalue weighted by molar-refractivity contribution is 7.13. The Labute approximate surface area is 111 Å². The van der Waals surface area contributed by atoms with Gasteiger partial charge in [-0.15, -0.1) is 11.3 Å². The Kier molecular flexibility index (Phi) is 5.38. The molecule has 2 heterocycles. The molecule has 0 aliphatic heterocycles. The van der Waals surface area contributed by atoms with Crippen molar-refractivity contribution in [1.29, 1.82) is 0 Å². The lowest BCUT2D eigenvalue weighted by Gasteiger charge is -2.00. The van der Waals surface area contributed by atoms with E-state index in [4.69, 9.17) is 9.63 Å². The van der Waals surface area contributed by atoms with Gasteiger partial charge in [0.15, 0.2) is 5.76 Å². The molecule has 0 saturated heterocycles. The highest BCUT2D eigenvalue weighted by atomic mass is 32.1. The van der Waals surface area contributed by atoms with E-state index < -0.39 is 0 Å². The fourth-order valence-electron chi connectivity index (χ4n) is 1.69. The molecule has 0 aliphatic carbocycles. The van der Waals surface area contributed by atoms with E-state index in [2.05, 4.69) is 10.5 Å². The minimum Gasteiger partial charge on any atom is -0.396 e. The summed E-state index contributed by atoms with van der Waals surface area (Å²) in [6.07, 6.45) is 3.02. The van der Waals surface area contributed by atoms with Crippen molar-refractivity contribution in [2.24, 2.45) is 0 Å². The number of rotatable bonds is 8. The first-order chi connectivity index (χ1) is 8.90. The van der Waals surface area contributed by atoms with E-state index in [-0.39, 0.29) is 6.61 Å². The Morgan fingerprint density at radius 2 is 2.28 bits per heavy atom. The van der Waals surface area contributed by atoms with Crippen molar-refractivity contribution >= 4 is 11.3 Å². The van der Waals surface area contributed by atoms with Crippen molar-refractivity contribution < 1.29 is 9.63 Å². The second-order valence-corrected chi connectivity index (χ2v) is 5.07. The molecule has 18 heavy (non-hydrogen) atoms. The van der Waals surface area contributed by atoms with Gasteiger partial charge in [0.1, 0.15) is 0 Å². The van der Waals surface area contributed by atoms with Gasteiger partial charge in [0.05, 0.1) is 10.6 Å². The molecule has 2 N–H and O–H groups in total. The summed E-state index contributed by atoms with van der Waals surface area (Å²) in [7, 11) is 0. The van der Waals surface area contributed by atoms with Crippen LogP contribution in [0.25, 0.3) is 10.6 Å². The number of nitrogens with one attached hydrogen (secondary N) is 1. The first-order valence-electron chi connectivity index (χ1n) is 6.21. The Morgan fingerprint density at radius 3 is 3.06 bits per heavy atom. The molecule has 0 amide bonds. The minimum absolute atomic E-state index is 0.285. The lowest BCUT2D eigenvalue weighted by Crippen LogP contribution is -2.14. The summed E-state index contributed by atoms with van der Waals surface area (Å²) >= 11 is 1.65. The fourth-order valence-corrected chi connectivity index (χ4v) is 2.36. The van der Waals surface area contributed by atoms with Crippen molar-refractivity contribution in [2.45, 2.75) is 25.8 Å². The van der Waals surface area contributed by atoms with E-state index in [0.717, 1.165) is 48.7 Å². The monoisotopic (exact) mass is 266 g/mol. The summed E-state index contributed by atoms with van der Waals surface area (Å²) < 4.78 is 5.29. The molecule has 0 unspecified atom stereocenters. The number of thiophene rings is 1. The van der Waals surface area contributed by atoms with Crippen molar-refractivity contribution in [3.8, 4) is 10.6 Å². The van der Waals surface area contributed by atoms with Crippen LogP contribution in [0.1, 0.15) is 25.0 Å². The highest BCUT2D eigenvalue weighted by Crippen LogP contribution is 2.24. The zero-order chi connectivity index (χ0) is 12.6. The molecular weight excluding hydrogens is 248 g/mol. The summed E-state index contributed by atoms with van der Waals surface area (Å²) in [6, 6.07) is 6.01. The smallest absolute Gasteiger partial charge is 0.177 e. The third-order valence-corrected chi connectivity index (χ3v) is 3.53. The van der Waals surface area contributed by atoms with Crippen molar-refractivity contribution in [3.63, 3.8) is 0 Å². The number of unbranched alkanes of at least 4 members (excludes halogenated alkanes) is 2. The molecule has 2 aromatic rings. The number of aliphatic hydroxyl groups excluding tert-OH is 1. The summed E-state index contributed by atoms with van der Waals surface area (Å²) in [5.41, 5.74) is 0.931. The predicted molar refractivity (Wildman–Crippen MR) is 72.5 cm³/mol. The average molecular weight is 266 g/mol. The van der Waals surface area contributed by atoms with E-state index in [1.807, 2.05) is 23.6 Å². The summed E-state index contributed by atoms with van der Waals surface area (Å²) in [4.78, 5) is 1.11. The van der Waals surface area contributed by atoms with Gasteiger partial charge in [-0.25, -0.2) is 0 Å². The lowest BCUT2D eigenvalue weighted by molar-refractivity contribution is 0.283. The van der Waals surface area contributed by atoms with Crippen molar-refractivity contribution in [3.05, 3.63) is 29.3 Å². The molecule has 0 spiro atoms. The summed E-state index contributed by atoms with van der Waals surface area (Å²) in [6.45, 7) is 1.96. The van der Waals surface area contributed by atoms with Gasteiger partial charge >= 0.3 is 0 Å². The van der Waals surface area contributed by atoms with E-state index in [1.165, 1.54) is 0 Å². The number of nitrogens with zero attached hydrogens (tertiary/aromatic N) is 1. The van der Waals surface area contributed by atoms with Crippen LogP contribution in [0.5, 0.6) is 0 Å². The van der Waals surface area contributed by atoms with Crippen LogP contribution in [0.3, 0.4) is 0 Å². The van der Waals surface area contributed by atoms with Gasteiger partial charge in [0.2, 0.25) is 0 Å². The van der Waals surface area contributed by atoms with E-state index in [0.29, 0.717) is 0 Å². The topological polar surface area (TPSA) is 58.3 Å². The van der Waals surface area contributed by atoms with Gasteiger partial charge in [-0.1, -0.05) is 11.2 Å². The van der Waals surface area contributed by atoms with Crippen LogP contribution >= 0.6 is 11.3 Å². The second-order valence-electron chi connectivity index (χ2n) is 4.12. The van der Waals surface area contributed by atoms with Crippen LogP contribution in [-0.2, 0) is 6.54 Å². The number of aliphatic hydroxyl groups is 1. The van der Waals surface area contributed by atoms with Crippen molar-refractivity contribution in [2.75, 3.05) is 13.2 Å². The van der Waals surface area contributed by atoms with Crippen LogP contribution in [0.2, 0.25) is 0 Å². The van der Waals surface area contributed by atoms with Crippen molar-refractivity contribution in [1.82, 2.24) is 10.5 Å². The maximum atomic E-state index is 8.65. The first kappa shape index (κ1) is 13.3. The van der Waals surface area contributed by atoms with Crippen LogP contribution in [0.15, 0.2) is 28.1 Å². The molecule has 2 rings (SSSR count). The molecule has 4 nitrogen and oxygen atoms in total. The zero-order valence-electron chi connectivity index (χ0n) is 10.3. The Morgan fingerprint density at radius 1 is 1.33 bits per heavy atom. The molecule has 0 aromatic carbocycles. The number of aromatic nitrogens is 1. The van der Waals surface area contributed by atoms with Gasteiger partial charge in [-0.3, -0.25) is 0 Å². The third-order valence-electron chi connectivity index (χ3n) is 2.64. The standard InChI is InChI=1S/C13H18N2O2S/c16-7-3-1-2-6-14-10-11-9-12(17-15-11)13-5-4-8-18-13/h4-5,8-9,14,16H,1-3,6-7,10H2. The van der Waals surface area contributed by atoms with Gasteiger partial charge in [0, 0.05) is 19.2 Å². The molecule has 0 fully saturated rings. The van der Waals surface area contributed by atoms with Crippen LogP contribution in [0.4, 0.5) is 0 Å². The highest BCUT2D eigenvalue weighted by Gasteiger charge is 2.06. The maximum absolute atomic E-state index is 8.65. The molecule has 0 atom stereocenters. The molecule has 5 heteroatoms. The Balaban J connectivity index is 1.71. The van der Waals surface area contributed by atoms with Gasteiger partial charge in [0.25, 0.3) is 0 Å². The largest absolute Gasteiger partial charge is 0.396 e. The lowest BCUT2D eigenvalue weighted by atomic mass is 10.2. The molecule has 0 saturated carbocycles. The molecule has 0 radical (unpaired) electrons. The van der Waals surface area contributed by atoms with Crippen LogP contribution in [0, 0.1) is 0 Å². The molecular formula is C13H18N2O2S. The molecule has 98 valence electrons. The fraction of sp³-hybridized carbons (Fsp3) is 0.462. The van der Waals surface area contributed by atoms with Crippen LogP contribution < -0.4 is 5.32 Å². The van der Waals surface area contributed by atoms with E-state index in [9.17, 15) is 0 Å². The average Bonchev–Trinajstić information content (AvgIpc) is 3.03. The minimum atomic E-state index is 0.285. The van der Waals surface area contributed by atoms with E-state index in [1.54, 1.807) is 11.3 Å². The zero-order valence-corrected chi connectivity index (χ0v) is 11.1. The Hall–Kier alpha value is -1.17. The third kappa shape index (κ3) is 3.94. The maximum Gasteiger partial charge on any atom is 0.177 e. The van der Waals surface area contributed by atoms with Crippen LogP contribution in [-0.4, -0.2) is 23.4 Å². The summed E-state index contributed by atoms with van der Waals surface area (Å²) in [5, 5.41) is 18.0. The molecule has 0 aliphatic rings. The first-order valence-corrected chi connectivity index (χ1v) is 7.09. The van der Waals surface area contributed by atoms with Gasteiger partial charge in [-0.2, -0.15) is 0 Å². The quantitative estimate of drug-likeness (QED) is 0.721. The van der Waals surface area contributed by atoms with Gasteiger partial charge in [-0.05, 0) is 37.3 Å². The number of hydrogen-bond donors (Lipinski definition) is 2. The second kappa shape index (κ2) is 7.31. The predicted octanol–water partition coefficient (Wildman–Crippen LogP) is 2.66. The molecule has 2 aromatic heterocycles. The summed E-state index contributed by atoms with van der Waals surface area (Å²) in [5.74, 6) is 0.835. The SMILES string of the molecule is OCCCCCNCc1cc(-c2cccs2)on1.